The zero-order chi connectivity index (χ0) is 17.1. The molecule has 1 heterocycles. The number of benzene rings is 2. The van der Waals surface area contributed by atoms with E-state index in [-0.39, 0.29) is 5.69 Å². The highest BCUT2D eigenvalue weighted by Crippen LogP contribution is 2.32. The smallest absolute Gasteiger partial charge is 0.358 e. The van der Waals surface area contributed by atoms with Gasteiger partial charge in [0.25, 0.3) is 0 Å². The minimum atomic E-state index is -0.551. The van der Waals surface area contributed by atoms with Gasteiger partial charge < -0.3 is 14.2 Å². The zero-order valence-corrected chi connectivity index (χ0v) is 13.6. The van der Waals surface area contributed by atoms with Crippen molar-refractivity contribution in [2.24, 2.45) is 0 Å². The maximum atomic E-state index is 12.2. The fraction of sp³-hybridized carbons (Fsp3) is 0.167. The maximum absolute atomic E-state index is 12.2. The lowest BCUT2D eigenvalue weighted by atomic mass is 10.1. The van der Waals surface area contributed by atoms with Crippen LogP contribution in [0.1, 0.15) is 10.5 Å². The number of fused-ring (bicyclic) bond motifs is 1. The number of esters is 1. The molecule has 0 fully saturated rings. The molecule has 3 rings (SSSR count). The van der Waals surface area contributed by atoms with E-state index in [1.807, 2.05) is 30.3 Å². The third-order valence-corrected chi connectivity index (χ3v) is 3.59. The number of hydrogen-bond donors (Lipinski definition) is 0. The molecule has 0 spiro atoms. The van der Waals surface area contributed by atoms with E-state index < -0.39 is 5.97 Å². The minimum Gasteiger partial charge on any atom is -0.497 e. The fourth-order valence-electron chi connectivity index (χ4n) is 2.41. The van der Waals surface area contributed by atoms with Crippen LogP contribution in [-0.2, 0) is 4.74 Å². The van der Waals surface area contributed by atoms with Crippen molar-refractivity contribution in [1.29, 1.82) is 0 Å². The van der Waals surface area contributed by atoms with Gasteiger partial charge in [-0.05, 0) is 0 Å². The summed E-state index contributed by atoms with van der Waals surface area (Å²) in [7, 11) is 4.41. The summed E-state index contributed by atoms with van der Waals surface area (Å²) in [4.78, 5) is 21.2. The van der Waals surface area contributed by atoms with Crippen molar-refractivity contribution in [3.8, 4) is 22.8 Å². The topological polar surface area (TPSA) is 70.5 Å². The molecule has 0 saturated carbocycles. The van der Waals surface area contributed by atoms with Crippen LogP contribution in [0.2, 0.25) is 0 Å². The molecule has 3 aromatic rings. The van der Waals surface area contributed by atoms with Crippen LogP contribution in [0.5, 0.6) is 11.5 Å². The van der Waals surface area contributed by atoms with Gasteiger partial charge in [-0.3, -0.25) is 0 Å². The number of hydrogen-bond acceptors (Lipinski definition) is 6. The number of methoxy groups -OCH3 is 3. The van der Waals surface area contributed by atoms with Gasteiger partial charge in [0.15, 0.2) is 5.69 Å². The second-order valence-corrected chi connectivity index (χ2v) is 4.98. The number of carbonyl (C=O) groups is 1. The molecule has 0 bridgehead atoms. The second kappa shape index (κ2) is 6.54. The largest absolute Gasteiger partial charge is 0.497 e. The molecule has 0 aliphatic rings. The van der Waals surface area contributed by atoms with Gasteiger partial charge in [0, 0.05) is 17.7 Å². The van der Waals surface area contributed by atoms with Crippen molar-refractivity contribution in [3.05, 3.63) is 48.2 Å². The predicted octanol–water partition coefficient (Wildman–Crippen LogP) is 3.10. The van der Waals surface area contributed by atoms with E-state index in [0.29, 0.717) is 28.2 Å². The average molecular weight is 324 g/mol. The first-order valence-electron chi connectivity index (χ1n) is 7.25. The second-order valence-electron chi connectivity index (χ2n) is 4.98. The fourth-order valence-corrected chi connectivity index (χ4v) is 2.41. The lowest BCUT2D eigenvalue weighted by Gasteiger charge is -2.12. The van der Waals surface area contributed by atoms with E-state index in [1.54, 1.807) is 26.4 Å². The highest BCUT2D eigenvalue weighted by Gasteiger charge is 2.20. The van der Waals surface area contributed by atoms with E-state index in [0.717, 1.165) is 5.56 Å². The van der Waals surface area contributed by atoms with Crippen molar-refractivity contribution in [2.45, 2.75) is 0 Å². The number of aromatic nitrogens is 2. The first-order valence-corrected chi connectivity index (χ1v) is 7.25. The van der Waals surface area contributed by atoms with Gasteiger partial charge in [0.05, 0.1) is 26.8 Å². The third kappa shape index (κ3) is 2.74. The maximum Gasteiger partial charge on any atom is 0.358 e. The molecule has 0 atom stereocenters. The van der Waals surface area contributed by atoms with E-state index in [1.165, 1.54) is 7.11 Å². The van der Waals surface area contributed by atoms with Gasteiger partial charge in [0.2, 0.25) is 0 Å². The number of ether oxygens (including phenoxy) is 3. The van der Waals surface area contributed by atoms with E-state index in [2.05, 4.69) is 9.97 Å². The van der Waals surface area contributed by atoms with Crippen molar-refractivity contribution < 1.29 is 19.0 Å². The van der Waals surface area contributed by atoms with Crippen molar-refractivity contribution in [2.75, 3.05) is 21.3 Å². The summed E-state index contributed by atoms with van der Waals surface area (Å²) in [6, 6.07) is 12.8. The van der Waals surface area contributed by atoms with Crippen LogP contribution in [0.4, 0.5) is 0 Å². The Bertz CT molecular complexity index is 894. The molecule has 0 radical (unpaired) electrons. The van der Waals surface area contributed by atoms with Gasteiger partial charge in [-0.15, -0.1) is 0 Å². The standard InChI is InChI=1S/C18H16N2O4/c1-22-12-9-13-16(14(10-12)23-2)20-15(11-7-5-4-6-8-11)17(19-13)18(21)24-3/h4-10H,1-3H3. The summed E-state index contributed by atoms with van der Waals surface area (Å²) in [5.41, 5.74) is 2.39. The molecule has 122 valence electrons. The predicted molar refractivity (Wildman–Crippen MR) is 89.4 cm³/mol. The molecule has 0 unspecified atom stereocenters. The number of nitrogens with zero attached hydrogens (tertiary/aromatic N) is 2. The first-order chi connectivity index (χ1) is 11.7. The quantitative estimate of drug-likeness (QED) is 0.687. The summed E-state index contributed by atoms with van der Waals surface area (Å²) < 4.78 is 15.5. The zero-order valence-electron chi connectivity index (χ0n) is 13.6. The molecular formula is C18H16N2O4. The van der Waals surface area contributed by atoms with Gasteiger partial charge in [0.1, 0.15) is 22.7 Å². The van der Waals surface area contributed by atoms with Crippen LogP contribution in [0.3, 0.4) is 0 Å². The third-order valence-electron chi connectivity index (χ3n) is 3.59. The van der Waals surface area contributed by atoms with Crippen LogP contribution in [-0.4, -0.2) is 37.3 Å². The Labute approximate surface area is 139 Å². The summed E-state index contributed by atoms with van der Waals surface area (Å²) in [5, 5.41) is 0. The molecule has 0 aliphatic heterocycles. The van der Waals surface area contributed by atoms with Gasteiger partial charge in [-0.1, -0.05) is 30.3 Å². The Balaban J connectivity index is 2.35. The molecule has 0 aliphatic carbocycles. The molecular weight excluding hydrogens is 308 g/mol. The van der Waals surface area contributed by atoms with Gasteiger partial charge in [-0.25, -0.2) is 14.8 Å². The Kier molecular flexibility index (Phi) is 4.29. The number of carbonyl (C=O) groups excluding carboxylic acids is 1. The number of rotatable bonds is 4. The molecule has 2 aromatic carbocycles. The molecule has 0 amide bonds. The van der Waals surface area contributed by atoms with Gasteiger partial charge in [-0.2, -0.15) is 0 Å². The van der Waals surface area contributed by atoms with Crippen molar-refractivity contribution in [1.82, 2.24) is 9.97 Å². The highest BCUT2D eigenvalue weighted by atomic mass is 16.5. The molecule has 6 nitrogen and oxygen atoms in total. The SMILES string of the molecule is COC(=O)c1nc2cc(OC)cc(OC)c2nc1-c1ccccc1. The van der Waals surface area contributed by atoms with Crippen LogP contribution in [0.25, 0.3) is 22.3 Å². The van der Waals surface area contributed by atoms with E-state index in [9.17, 15) is 4.79 Å². The van der Waals surface area contributed by atoms with E-state index >= 15 is 0 Å². The summed E-state index contributed by atoms with van der Waals surface area (Å²) in [6.07, 6.45) is 0. The van der Waals surface area contributed by atoms with Gasteiger partial charge >= 0.3 is 5.97 Å². The molecule has 0 saturated heterocycles. The summed E-state index contributed by atoms with van der Waals surface area (Å²) >= 11 is 0. The van der Waals surface area contributed by atoms with E-state index in [4.69, 9.17) is 14.2 Å². The summed E-state index contributed by atoms with van der Waals surface area (Å²) in [6.45, 7) is 0. The van der Waals surface area contributed by atoms with Crippen LogP contribution < -0.4 is 9.47 Å². The first kappa shape index (κ1) is 15.7. The minimum absolute atomic E-state index is 0.145. The Morgan fingerprint density at radius 2 is 1.71 bits per heavy atom. The highest BCUT2D eigenvalue weighted by molar-refractivity contribution is 5.97. The van der Waals surface area contributed by atoms with Crippen molar-refractivity contribution >= 4 is 17.0 Å². The molecule has 1 aromatic heterocycles. The lowest BCUT2D eigenvalue weighted by molar-refractivity contribution is 0.0595. The summed E-state index contributed by atoms with van der Waals surface area (Å²) in [5.74, 6) is 0.535. The average Bonchev–Trinajstić information content (AvgIpc) is 2.65. The van der Waals surface area contributed by atoms with Crippen LogP contribution in [0.15, 0.2) is 42.5 Å². The lowest BCUT2D eigenvalue weighted by Crippen LogP contribution is -2.09. The molecule has 6 heteroatoms. The normalized spacial score (nSPS) is 10.5. The Hall–Kier alpha value is -3.15. The Morgan fingerprint density at radius 3 is 2.33 bits per heavy atom. The molecule has 0 N–H and O–H groups in total. The van der Waals surface area contributed by atoms with Crippen LogP contribution >= 0.6 is 0 Å². The molecule has 24 heavy (non-hydrogen) atoms. The monoisotopic (exact) mass is 324 g/mol. The Morgan fingerprint density at radius 1 is 0.958 bits per heavy atom. The van der Waals surface area contributed by atoms with Crippen LogP contribution in [0, 0.1) is 0 Å². The van der Waals surface area contributed by atoms with Crippen molar-refractivity contribution in [3.63, 3.8) is 0 Å².